The number of rotatable bonds is 8. The highest BCUT2D eigenvalue weighted by Gasteiger charge is 2.77. The van der Waals surface area contributed by atoms with Crippen molar-refractivity contribution < 1.29 is 29.0 Å². The number of β-amino-alcohol motifs (C(OH)–C–C–N with tert-alkyl or cyclic N) is 1. The molecule has 3 heterocycles. The SMILES string of the molecule is COc1ccc(NC(=O)C2N(CCO)C(=O)[C@@H]3[C@@H](C(=O)NCc4ccccc4)[C@@]4(C)CCC23O4)cc1. The highest BCUT2D eigenvalue weighted by atomic mass is 16.5. The lowest BCUT2D eigenvalue weighted by Crippen LogP contribution is -2.53. The fourth-order valence-electron chi connectivity index (χ4n) is 6.26. The van der Waals surface area contributed by atoms with Gasteiger partial charge in [-0.05, 0) is 49.6 Å². The molecule has 3 fully saturated rings. The first kappa shape index (κ1) is 24.3. The van der Waals surface area contributed by atoms with Crippen molar-refractivity contribution in [2.45, 2.75) is 43.6 Å². The van der Waals surface area contributed by atoms with Gasteiger partial charge in [-0.1, -0.05) is 30.3 Å². The van der Waals surface area contributed by atoms with E-state index >= 15 is 0 Å². The van der Waals surface area contributed by atoms with Crippen LogP contribution < -0.4 is 15.4 Å². The van der Waals surface area contributed by atoms with Crippen LogP contribution in [0, 0.1) is 11.8 Å². The van der Waals surface area contributed by atoms with Gasteiger partial charge in [0.2, 0.25) is 17.7 Å². The van der Waals surface area contributed by atoms with E-state index in [2.05, 4.69) is 10.6 Å². The van der Waals surface area contributed by atoms with Crippen LogP contribution in [0.5, 0.6) is 5.75 Å². The molecule has 5 atom stereocenters. The zero-order chi connectivity index (χ0) is 25.5. The Morgan fingerprint density at radius 1 is 1.11 bits per heavy atom. The Bertz CT molecular complexity index is 1160. The fourth-order valence-corrected chi connectivity index (χ4v) is 6.26. The number of nitrogens with zero attached hydrogens (tertiary/aromatic N) is 1. The fraction of sp³-hybridized carbons (Fsp3) is 0.444. The number of carbonyl (C=O) groups is 3. The van der Waals surface area contributed by atoms with Crippen LogP contribution in [0.25, 0.3) is 0 Å². The first-order chi connectivity index (χ1) is 17.3. The Morgan fingerprint density at radius 2 is 1.83 bits per heavy atom. The summed E-state index contributed by atoms with van der Waals surface area (Å²) in [4.78, 5) is 42.2. The molecule has 36 heavy (non-hydrogen) atoms. The number of aliphatic hydroxyl groups is 1. The predicted molar refractivity (Wildman–Crippen MR) is 131 cm³/mol. The van der Waals surface area contributed by atoms with Crippen LogP contribution in [-0.4, -0.2) is 65.2 Å². The molecular weight excluding hydrogens is 462 g/mol. The average molecular weight is 494 g/mol. The lowest BCUT2D eigenvalue weighted by Gasteiger charge is -2.33. The number of aliphatic hydroxyl groups excluding tert-OH is 1. The molecular formula is C27H31N3O6. The number of anilines is 1. The number of amides is 3. The molecule has 5 rings (SSSR count). The molecule has 0 saturated carbocycles. The number of hydrogen-bond acceptors (Lipinski definition) is 6. The second-order valence-electron chi connectivity index (χ2n) is 9.90. The number of nitrogens with one attached hydrogen (secondary N) is 2. The molecule has 9 heteroatoms. The standard InChI is InChI=1S/C27H31N3O6/c1-26-12-13-27(36-26)21(20(26)23(32)28-16-17-6-4-3-5-7-17)25(34)30(14-15-31)22(27)24(33)29-18-8-10-19(35-2)11-9-18/h3-11,20-22,31H,12-16H2,1-2H3,(H,28,32)(H,29,33)/t20-,21-,22?,26+,27?/m0/s1. The van der Waals surface area contributed by atoms with Crippen LogP contribution in [0.1, 0.15) is 25.3 Å². The summed E-state index contributed by atoms with van der Waals surface area (Å²) in [5.74, 6) is -1.88. The van der Waals surface area contributed by atoms with Crippen molar-refractivity contribution in [1.82, 2.24) is 10.2 Å². The number of likely N-dealkylation sites (tertiary alicyclic amines) is 1. The Morgan fingerprint density at radius 3 is 2.50 bits per heavy atom. The van der Waals surface area contributed by atoms with E-state index in [4.69, 9.17) is 9.47 Å². The number of ether oxygens (including phenoxy) is 2. The molecule has 1 spiro atoms. The Labute approximate surface area is 209 Å². The van der Waals surface area contributed by atoms with Crippen LogP contribution in [0.3, 0.4) is 0 Å². The molecule has 3 saturated heterocycles. The van der Waals surface area contributed by atoms with Crippen molar-refractivity contribution in [3.8, 4) is 5.75 Å². The van der Waals surface area contributed by atoms with Gasteiger partial charge in [0.25, 0.3) is 0 Å². The van der Waals surface area contributed by atoms with E-state index < -0.39 is 35.0 Å². The molecule has 0 aliphatic carbocycles. The topological polar surface area (TPSA) is 117 Å². The summed E-state index contributed by atoms with van der Waals surface area (Å²) < 4.78 is 11.7. The van der Waals surface area contributed by atoms with Crippen molar-refractivity contribution in [3.05, 3.63) is 60.2 Å². The predicted octanol–water partition coefficient (Wildman–Crippen LogP) is 1.71. The summed E-state index contributed by atoms with van der Waals surface area (Å²) in [6.45, 7) is 1.87. The van der Waals surface area contributed by atoms with Gasteiger partial charge in [0.15, 0.2) is 0 Å². The summed E-state index contributed by atoms with van der Waals surface area (Å²) in [7, 11) is 1.56. The van der Waals surface area contributed by atoms with Gasteiger partial charge >= 0.3 is 0 Å². The average Bonchev–Trinajstić information content (AvgIpc) is 3.45. The van der Waals surface area contributed by atoms with Crippen molar-refractivity contribution >= 4 is 23.4 Å². The molecule has 3 aliphatic heterocycles. The Kier molecular flexibility index (Phi) is 6.22. The molecule has 3 N–H and O–H groups in total. The minimum Gasteiger partial charge on any atom is -0.497 e. The number of benzene rings is 2. The third kappa shape index (κ3) is 3.83. The number of carbonyl (C=O) groups excluding carboxylic acids is 3. The zero-order valence-electron chi connectivity index (χ0n) is 20.4. The van der Waals surface area contributed by atoms with Crippen LogP contribution in [0.15, 0.2) is 54.6 Å². The number of fused-ring (bicyclic) bond motifs is 1. The lowest BCUT2D eigenvalue weighted by atomic mass is 9.66. The molecule has 190 valence electrons. The monoisotopic (exact) mass is 493 g/mol. The van der Waals surface area contributed by atoms with Gasteiger partial charge in [-0.25, -0.2) is 0 Å². The third-order valence-electron chi connectivity index (χ3n) is 7.82. The largest absolute Gasteiger partial charge is 0.497 e. The summed E-state index contributed by atoms with van der Waals surface area (Å²) in [5.41, 5.74) is -0.490. The third-order valence-corrected chi connectivity index (χ3v) is 7.82. The molecule has 2 unspecified atom stereocenters. The van der Waals surface area contributed by atoms with Gasteiger partial charge < -0.3 is 30.1 Å². The van der Waals surface area contributed by atoms with E-state index in [1.807, 2.05) is 37.3 Å². The smallest absolute Gasteiger partial charge is 0.250 e. The van der Waals surface area contributed by atoms with Crippen molar-refractivity contribution in [3.63, 3.8) is 0 Å². The van der Waals surface area contributed by atoms with E-state index in [9.17, 15) is 19.5 Å². The van der Waals surface area contributed by atoms with E-state index in [1.165, 1.54) is 4.90 Å². The molecule has 2 aromatic rings. The van der Waals surface area contributed by atoms with Gasteiger partial charge in [-0.2, -0.15) is 0 Å². The minimum atomic E-state index is -1.13. The van der Waals surface area contributed by atoms with Crippen molar-refractivity contribution in [2.75, 3.05) is 25.6 Å². The quantitative estimate of drug-likeness (QED) is 0.516. The van der Waals surface area contributed by atoms with Gasteiger partial charge in [0, 0.05) is 18.8 Å². The lowest BCUT2D eigenvalue weighted by molar-refractivity contribution is -0.145. The highest BCUT2D eigenvalue weighted by molar-refractivity contribution is 6.03. The summed E-state index contributed by atoms with van der Waals surface area (Å²) in [6.07, 6.45) is 1.03. The van der Waals surface area contributed by atoms with E-state index in [0.29, 0.717) is 30.8 Å². The van der Waals surface area contributed by atoms with Crippen LogP contribution in [-0.2, 0) is 25.7 Å². The second-order valence-corrected chi connectivity index (χ2v) is 9.90. The molecule has 2 bridgehead atoms. The zero-order valence-corrected chi connectivity index (χ0v) is 20.4. The first-order valence-electron chi connectivity index (χ1n) is 12.2. The van der Waals surface area contributed by atoms with Gasteiger partial charge in [-0.15, -0.1) is 0 Å². The summed E-state index contributed by atoms with van der Waals surface area (Å²) in [6, 6.07) is 15.5. The van der Waals surface area contributed by atoms with Crippen LogP contribution in [0.4, 0.5) is 5.69 Å². The van der Waals surface area contributed by atoms with Gasteiger partial charge in [0.1, 0.15) is 17.4 Å². The van der Waals surface area contributed by atoms with E-state index in [-0.39, 0.29) is 25.0 Å². The molecule has 3 aliphatic rings. The normalized spacial score (nSPS) is 30.2. The number of hydrogen-bond donors (Lipinski definition) is 3. The first-order valence-corrected chi connectivity index (χ1v) is 12.2. The van der Waals surface area contributed by atoms with Gasteiger partial charge in [-0.3, -0.25) is 14.4 Å². The van der Waals surface area contributed by atoms with E-state index in [1.54, 1.807) is 31.4 Å². The van der Waals surface area contributed by atoms with Crippen molar-refractivity contribution in [2.24, 2.45) is 11.8 Å². The highest BCUT2D eigenvalue weighted by Crippen LogP contribution is 2.63. The summed E-state index contributed by atoms with van der Waals surface area (Å²) in [5, 5.41) is 15.6. The van der Waals surface area contributed by atoms with Crippen LogP contribution in [0.2, 0.25) is 0 Å². The molecule has 2 aromatic carbocycles. The Hall–Kier alpha value is -3.43. The number of methoxy groups -OCH3 is 1. The van der Waals surface area contributed by atoms with E-state index in [0.717, 1.165) is 5.56 Å². The maximum atomic E-state index is 13.7. The minimum absolute atomic E-state index is 0.0176. The maximum Gasteiger partial charge on any atom is 0.250 e. The maximum absolute atomic E-state index is 13.7. The molecule has 9 nitrogen and oxygen atoms in total. The summed E-state index contributed by atoms with van der Waals surface area (Å²) >= 11 is 0. The van der Waals surface area contributed by atoms with Gasteiger partial charge in [0.05, 0.1) is 31.2 Å². The molecule has 0 radical (unpaired) electrons. The van der Waals surface area contributed by atoms with Crippen LogP contribution >= 0.6 is 0 Å². The molecule has 0 aromatic heterocycles. The Balaban J connectivity index is 1.42. The van der Waals surface area contributed by atoms with Crippen molar-refractivity contribution in [1.29, 1.82) is 0 Å². The second kappa shape index (κ2) is 9.22. The molecule has 3 amide bonds.